The fourth-order valence-electron chi connectivity index (χ4n) is 2.79. The summed E-state index contributed by atoms with van der Waals surface area (Å²) in [6.45, 7) is -0.971. The second-order valence-electron chi connectivity index (χ2n) is 6.60. The zero-order chi connectivity index (χ0) is 22.2. The highest BCUT2D eigenvalue weighted by atomic mass is 79.9. The lowest BCUT2D eigenvalue weighted by Crippen LogP contribution is -2.48. The summed E-state index contributed by atoms with van der Waals surface area (Å²) in [7, 11) is 0. The molecule has 5 N–H and O–H groups in total. The van der Waals surface area contributed by atoms with Gasteiger partial charge in [-0.15, -0.1) is 0 Å². The number of carbonyl (C=O) groups excluding carboxylic acids is 2. The second kappa shape index (κ2) is 10.7. The molecule has 30 heavy (non-hydrogen) atoms. The van der Waals surface area contributed by atoms with Crippen molar-refractivity contribution in [1.29, 1.82) is 0 Å². The largest absolute Gasteiger partial charge is 0.445 e. The van der Waals surface area contributed by atoms with Gasteiger partial charge in [-0.2, -0.15) is 0 Å². The summed E-state index contributed by atoms with van der Waals surface area (Å²) < 4.78 is 13.8. The molecule has 0 aliphatic carbocycles. The van der Waals surface area contributed by atoms with Gasteiger partial charge in [0.25, 0.3) is 0 Å². The lowest BCUT2D eigenvalue weighted by atomic mass is 10.1. The zero-order valence-corrected chi connectivity index (χ0v) is 17.6. The number of benzene rings is 2. The van der Waals surface area contributed by atoms with Gasteiger partial charge in [0.05, 0.1) is 1.37 Å². The van der Waals surface area contributed by atoms with Crippen molar-refractivity contribution in [1.82, 2.24) is 16.1 Å². The van der Waals surface area contributed by atoms with Gasteiger partial charge < -0.3 is 21.1 Å². The predicted molar refractivity (Wildman–Crippen MR) is 116 cm³/mol. The van der Waals surface area contributed by atoms with E-state index >= 15 is 0 Å². The van der Waals surface area contributed by atoms with Crippen LogP contribution in [0.2, 0.25) is 0 Å². The molecule has 9 heteroatoms. The minimum Gasteiger partial charge on any atom is -0.445 e. The van der Waals surface area contributed by atoms with Crippen molar-refractivity contribution in [2.75, 3.05) is 5.73 Å². The molecule has 0 fully saturated rings. The van der Waals surface area contributed by atoms with Crippen LogP contribution in [-0.4, -0.2) is 24.1 Å². The third-order valence-corrected chi connectivity index (χ3v) is 4.66. The lowest BCUT2D eigenvalue weighted by Gasteiger charge is -2.20. The van der Waals surface area contributed by atoms with Gasteiger partial charge in [-0.3, -0.25) is 15.1 Å². The molecule has 0 saturated heterocycles. The average molecular weight is 476 g/mol. The third kappa shape index (κ3) is 6.78. The number of hydroxylamine groups is 1. The van der Waals surface area contributed by atoms with Crippen molar-refractivity contribution in [3.63, 3.8) is 0 Å². The zero-order valence-electron chi connectivity index (χ0n) is 17.0. The Hall–Kier alpha value is -3.04. The van der Waals surface area contributed by atoms with Gasteiger partial charge in [0.1, 0.15) is 23.3 Å². The molecule has 8 nitrogen and oxygen atoms in total. The summed E-state index contributed by atoms with van der Waals surface area (Å²) in [4.78, 5) is 30.5. The molecule has 3 atom stereocenters. The number of nitrogens with two attached hydrogens (primary N) is 1. The van der Waals surface area contributed by atoms with Crippen LogP contribution >= 0.6 is 15.9 Å². The predicted octanol–water partition coefficient (Wildman–Crippen LogP) is 2.71. The fraction of sp³-hybridized carbons (Fsp3) is 0.238. The van der Waals surface area contributed by atoms with E-state index in [0.29, 0.717) is 15.9 Å². The minimum absolute atomic E-state index is 0.161. The first-order valence-electron chi connectivity index (χ1n) is 9.84. The molecule has 0 bridgehead atoms. The van der Waals surface area contributed by atoms with Crippen LogP contribution in [0.3, 0.4) is 0 Å². The summed E-state index contributed by atoms with van der Waals surface area (Å²) >= 11 is 3.26. The summed E-state index contributed by atoms with van der Waals surface area (Å²) in [5.41, 5.74) is 10.4. The number of alkyl carbamates (subject to hydrolysis) is 1. The van der Waals surface area contributed by atoms with Gasteiger partial charge in [0.15, 0.2) is 0 Å². The summed E-state index contributed by atoms with van der Waals surface area (Å²) in [6.07, 6.45) is 0.580. The molecule has 1 aliphatic heterocycles. The molecular formula is C21H23BrN4O4. The number of halogens is 1. The highest BCUT2D eigenvalue weighted by molar-refractivity contribution is 9.11. The first-order chi connectivity index (χ1) is 14.9. The molecule has 0 spiro atoms. The average Bonchev–Trinajstić information content (AvgIpc) is 3.16. The van der Waals surface area contributed by atoms with E-state index < -0.39 is 30.7 Å². The van der Waals surface area contributed by atoms with Gasteiger partial charge >= 0.3 is 6.09 Å². The van der Waals surface area contributed by atoms with E-state index in [0.717, 1.165) is 5.56 Å². The smallest absolute Gasteiger partial charge is 0.408 e. The Morgan fingerprint density at radius 1 is 1.23 bits per heavy atom. The molecule has 1 aliphatic rings. The Morgan fingerprint density at radius 2 is 2.00 bits per heavy atom. The van der Waals surface area contributed by atoms with E-state index in [1.165, 1.54) is 0 Å². The van der Waals surface area contributed by atoms with Crippen LogP contribution in [0, 0.1) is 0 Å². The number of nitrogens with one attached hydrogen (secondary N) is 3. The van der Waals surface area contributed by atoms with Crippen LogP contribution < -0.4 is 21.8 Å². The Morgan fingerprint density at radius 3 is 2.70 bits per heavy atom. The molecule has 2 aromatic rings. The number of hydrogen-bond acceptors (Lipinski definition) is 6. The lowest BCUT2D eigenvalue weighted by molar-refractivity contribution is -0.124. The highest BCUT2D eigenvalue weighted by Crippen LogP contribution is 2.16. The molecular weight excluding hydrogens is 452 g/mol. The monoisotopic (exact) mass is 475 g/mol. The number of ether oxygens (including phenoxy) is 1. The van der Waals surface area contributed by atoms with E-state index in [1.807, 2.05) is 6.07 Å². The molecule has 0 radical (unpaired) electrons. The van der Waals surface area contributed by atoms with Crippen molar-refractivity contribution >= 4 is 33.6 Å². The van der Waals surface area contributed by atoms with Gasteiger partial charge in [-0.25, -0.2) is 4.79 Å². The van der Waals surface area contributed by atoms with Gasteiger partial charge in [-0.1, -0.05) is 42.5 Å². The van der Waals surface area contributed by atoms with Crippen molar-refractivity contribution in [3.05, 3.63) is 76.4 Å². The Bertz CT molecular complexity index is 944. The molecule has 2 aromatic carbocycles. The van der Waals surface area contributed by atoms with Crippen LogP contribution in [0.25, 0.3) is 0 Å². The second-order valence-corrected chi connectivity index (χ2v) is 7.46. The van der Waals surface area contributed by atoms with E-state index in [1.54, 1.807) is 54.6 Å². The van der Waals surface area contributed by atoms with Crippen molar-refractivity contribution in [2.45, 2.75) is 31.7 Å². The number of anilines is 1. The normalized spacial score (nSPS) is 17.7. The quantitative estimate of drug-likeness (QED) is 0.344. The summed E-state index contributed by atoms with van der Waals surface area (Å²) in [5.74, 6) is -0.416. The molecule has 0 aromatic heterocycles. The first kappa shape index (κ1) is 20.2. The Balaban J connectivity index is 1.62. The van der Waals surface area contributed by atoms with Gasteiger partial charge in [0, 0.05) is 18.7 Å². The molecule has 2 unspecified atom stereocenters. The molecule has 0 saturated carbocycles. The molecule has 1 heterocycles. The first-order valence-corrected chi connectivity index (χ1v) is 10.1. The maximum Gasteiger partial charge on any atom is 0.408 e. The van der Waals surface area contributed by atoms with Crippen LogP contribution in [0.15, 0.2) is 65.3 Å². The van der Waals surface area contributed by atoms with Crippen LogP contribution in [0.5, 0.6) is 0 Å². The highest BCUT2D eigenvalue weighted by Gasteiger charge is 2.27. The van der Waals surface area contributed by atoms with Crippen molar-refractivity contribution in [2.24, 2.45) is 0 Å². The number of rotatable bonds is 8. The Labute approximate surface area is 184 Å². The number of hydrogen-bond donors (Lipinski definition) is 4. The van der Waals surface area contributed by atoms with E-state index in [4.69, 9.17) is 16.7 Å². The Kier molecular flexibility index (Phi) is 7.19. The van der Waals surface area contributed by atoms with Gasteiger partial charge in [-0.05, 0) is 45.3 Å². The summed E-state index contributed by atoms with van der Waals surface area (Å²) in [5, 5.41) is 5.32. The topological polar surface area (TPSA) is 115 Å². The van der Waals surface area contributed by atoms with Crippen molar-refractivity contribution in [3.8, 4) is 0 Å². The molecule has 3 rings (SSSR count). The molecule has 2 amide bonds. The maximum atomic E-state index is 12.8. The summed E-state index contributed by atoms with van der Waals surface area (Å²) in [6, 6.07) is 14.9. The number of amides is 2. The third-order valence-electron chi connectivity index (χ3n) is 4.24. The molecule has 158 valence electrons. The maximum absolute atomic E-state index is 12.8. The van der Waals surface area contributed by atoms with Crippen LogP contribution in [0.4, 0.5) is 10.5 Å². The number of nitrogen functional groups attached to an aromatic ring is 1. The van der Waals surface area contributed by atoms with Crippen molar-refractivity contribution < 1.29 is 20.5 Å². The standard InChI is InChI=1S/C21H23BrN4O4/c22-19-11-17(30-26-19)10-18(20(27)24-12-15-7-4-8-16(23)9-15)25-21(28)29-13-14-5-2-1-3-6-14/h1-9,11,17-18,26H,10,12-13,23H2,(H,24,27)(H,25,28)/t17?,18-/m0/s1/i13D/t13?,17?,18-. The van der Waals surface area contributed by atoms with Crippen LogP contribution in [0.1, 0.15) is 18.9 Å². The minimum atomic E-state index is -1.21. The SMILES string of the molecule is [2H]C(OC(=O)N[C@@H](CC1C=C(Br)NO1)C(=O)NCc1cccc(N)c1)c1ccccc1. The fourth-order valence-corrected chi connectivity index (χ4v) is 3.18. The van der Waals surface area contributed by atoms with E-state index in [-0.39, 0.29) is 13.0 Å². The van der Waals surface area contributed by atoms with Crippen LogP contribution in [-0.2, 0) is 27.5 Å². The van der Waals surface area contributed by atoms with E-state index in [2.05, 4.69) is 32.0 Å². The number of carbonyl (C=O) groups is 2. The van der Waals surface area contributed by atoms with Gasteiger partial charge in [0.2, 0.25) is 5.91 Å². The van der Waals surface area contributed by atoms with E-state index in [9.17, 15) is 9.59 Å².